The van der Waals surface area contributed by atoms with E-state index in [1.165, 1.54) is 12.0 Å². The van der Waals surface area contributed by atoms with Gasteiger partial charge in [-0.15, -0.1) is 0 Å². The molecule has 12 heteroatoms. The van der Waals surface area contributed by atoms with Gasteiger partial charge in [0, 0.05) is 60.7 Å². The number of aliphatic carboxylic acids is 1. The molecule has 1 N–H and O–H groups in total. The van der Waals surface area contributed by atoms with Crippen molar-refractivity contribution in [2.75, 3.05) is 34.4 Å². The zero-order valence-electron chi connectivity index (χ0n) is 29.6. The normalized spacial score (nSPS) is 15.5. The van der Waals surface area contributed by atoms with Crippen LogP contribution in [0.4, 0.5) is 4.79 Å². The predicted octanol–water partition coefficient (Wildman–Crippen LogP) is 8.47. The van der Waals surface area contributed by atoms with Crippen molar-refractivity contribution in [2.24, 2.45) is 11.3 Å². The van der Waals surface area contributed by atoms with Crippen LogP contribution < -0.4 is 9.47 Å². The number of methoxy groups -OCH3 is 2. The van der Waals surface area contributed by atoms with Gasteiger partial charge in [-0.05, 0) is 81.0 Å². The fourth-order valence-electron chi connectivity index (χ4n) is 7.06. The molecule has 10 nitrogen and oxygen atoms in total. The van der Waals surface area contributed by atoms with Gasteiger partial charge in [-0.25, -0.2) is 9.78 Å². The number of carboxylic acid groups (broad SMARTS) is 1. The maximum absolute atomic E-state index is 12.6. The molecule has 0 unspecified atom stereocenters. The van der Waals surface area contributed by atoms with Crippen molar-refractivity contribution in [2.45, 2.75) is 52.3 Å². The Kier molecular flexibility index (Phi) is 10.2. The Hall–Kier alpha value is -4.38. The van der Waals surface area contributed by atoms with Gasteiger partial charge in [0.1, 0.15) is 11.4 Å². The summed E-state index contributed by atoms with van der Waals surface area (Å²) in [5.74, 6) is 0.155. The molecule has 6 rings (SSSR count). The number of hydrogen-bond acceptors (Lipinski definition) is 8. The molecule has 1 aliphatic heterocycles. The van der Waals surface area contributed by atoms with E-state index in [9.17, 15) is 14.7 Å². The maximum Gasteiger partial charge on any atom is 0.410 e. The van der Waals surface area contributed by atoms with Crippen LogP contribution >= 0.6 is 23.2 Å². The number of amides is 1. The van der Waals surface area contributed by atoms with Crippen molar-refractivity contribution in [1.82, 2.24) is 19.8 Å². The third kappa shape index (κ3) is 7.78. The summed E-state index contributed by atoms with van der Waals surface area (Å²) < 4.78 is 16.8. The van der Waals surface area contributed by atoms with Gasteiger partial charge in [0.05, 0.1) is 48.1 Å². The fraction of sp³-hybridized carbons (Fsp3) is 0.385. The smallest absolute Gasteiger partial charge is 0.410 e. The van der Waals surface area contributed by atoms with Crippen LogP contribution in [0, 0.1) is 11.3 Å². The first-order valence-electron chi connectivity index (χ1n) is 16.7. The Bertz CT molecular complexity index is 1970. The van der Waals surface area contributed by atoms with Gasteiger partial charge >= 0.3 is 12.1 Å². The van der Waals surface area contributed by atoms with E-state index in [2.05, 4.69) is 16.0 Å². The second-order valence-corrected chi connectivity index (χ2v) is 15.3. The zero-order chi connectivity index (χ0) is 36.7. The first kappa shape index (κ1) is 36.4. The van der Waals surface area contributed by atoms with Gasteiger partial charge in [0.15, 0.2) is 0 Å². The van der Waals surface area contributed by atoms with Gasteiger partial charge in [-0.3, -0.25) is 14.7 Å². The topological polar surface area (TPSA) is 114 Å². The van der Waals surface area contributed by atoms with E-state index in [1.54, 1.807) is 20.4 Å². The standard InChI is InChI=1S/C39H42Cl2N4O6/c1-38(2,3)51-37(48)44(4)20-24-10-11-31(43-35(24)50-6)30-9-7-8-28(32(30)40)29-12-13-42-34(33(29)41)25-14-23(15-27(16-25)49-5)19-45-21-39(22-45)17-26(18-39)36(46)47/h7-16,26H,17-22H2,1-6H3,(H,46,47). The molecule has 3 heterocycles. The van der Waals surface area contributed by atoms with Crippen LogP contribution in [-0.4, -0.2) is 76.9 Å². The molecule has 2 aromatic carbocycles. The number of hydrogen-bond donors (Lipinski definition) is 1. The molecule has 2 fully saturated rings. The second kappa shape index (κ2) is 14.3. The number of nitrogens with zero attached hydrogens (tertiary/aromatic N) is 4. The van der Waals surface area contributed by atoms with Crippen molar-refractivity contribution in [3.05, 3.63) is 82.0 Å². The number of likely N-dealkylation sites (tertiary alicyclic amines) is 1. The largest absolute Gasteiger partial charge is 0.497 e. The zero-order valence-corrected chi connectivity index (χ0v) is 31.1. The van der Waals surface area contributed by atoms with Crippen molar-refractivity contribution in [3.8, 4) is 45.3 Å². The van der Waals surface area contributed by atoms with E-state index >= 15 is 0 Å². The van der Waals surface area contributed by atoms with Crippen LogP contribution in [-0.2, 0) is 22.6 Å². The lowest BCUT2D eigenvalue weighted by Gasteiger charge is -2.58. The van der Waals surface area contributed by atoms with Crippen molar-refractivity contribution >= 4 is 35.3 Å². The maximum atomic E-state index is 12.6. The minimum absolute atomic E-state index is 0.138. The Labute approximate surface area is 308 Å². The summed E-state index contributed by atoms with van der Waals surface area (Å²) in [6, 6.07) is 17.2. The molecule has 0 radical (unpaired) electrons. The van der Waals surface area contributed by atoms with E-state index in [1.807, 2.05) is 69.3 Å². The van der Waals surface area contributed by atoms with Crippen LogP contribution in [0.3, 0.4) is 0 Å². The number of pyridine rings is 2. The molecule has 51 heavy (non-hydrogen) atoms. The van der Waals surface area contributed by atoms with Crippen LogP contribution in [0.5, 0.6) is 11.6 Å². The molecule has 1 saturated carbocycles. The molecule has 1 amide bonds. The minimum atomic E-state index is -0.691. The Morgan fingerprint density at radius 2 is 1.69 bits per heavy atom. The summed E-state index contributed by atoms with van der Waals surface area (Å²) in [6.45, 7) is 8.20. The Balaban J connectivity index is 1.24. The molecule has 4 aromatic rings. The number of halogens is 2. The van der Waals surface area contributed by atoms with E-state index < -0.39 is 17.7 Å². The summed E-state index contributed by atoms with van der Waals surface area (Å²) in [5, 5.41) is 10.2. The first-order chi connectivity index (χ1) is 24.2. The number of carboxylic acids is 1. The van der Waals surface area contributed by atoms with Gasteiger partial charge in [0.2, 0.25) is 5.88 Å². The van der Waals surface area contributed by atoms with E-state index in [4.69, 9.17) is 42.4 Å². The predicted molar refractivity (Wildman–Crippen MR) is 197 cm³/mol. The van der Waals surface area contributed by atoms with Crippen LogP contribution in [0.2, 0.25) is 10.0 Å². The van der Waals surface area contributed by atoms with Gasteiger partial charge < -0.3 is 24.2 Å². The number of ether oxygens (including phenoxy) is 3. The average Bonchev–Trinajstić information content (AvgIpc) is 3.04. The van der Waals surface area contributed by atoms with E-state index in [0.717, 1.165) is 37.1 Å². The van der Waals surface area contributed by atoms with Crippen molar-refractivity contribution < 1.29 is 28.9 Å². The van der Waals surface area contributed by atoms with Crippen molar-refractivity contribution in [1.29, 1.82) is 0 Å². The lowest BCUT2D eigenvalue weighted by Crippen LogP contribution is -2.62. The third-order valence-electron chi connectivity index (χ3n) is 9.41. The van der Waals surface area contributed by atoms with Crippen LogP contribution in [0.15, 0.2) is 60.8 Å². The van der Waals surface area contributed by atoms with E-state index in [-0.39, 0.29) is 17.9 Å². The molecule has 2 aliphatic rings. The molecule has 2 aromatic heterocycles. The highest BCUT2D eigenvalue weighted by atomic mass is 35.5. The second-order valence-electron chi connectivity index (χ2n) is 14.5. The number of benzene rings is 2. The highest BCUT2D eigenvalue weighted by Gasteiger charge is 2.54. The molecular formula is C39H42Cl2N4O6. The summed E-state index contributed by atoms with van der Waals surface area (Å²) in [7, 11) is 4.83. The first-order valence-corrected chi connectivity index (χ1v) is 17.5. The monoisotopic (exact) mass is 732 g/mol. The highest BCUT2D eigenvalue weighted by molar-refractivity contribution is 6.39. The van der Waals surface area contributed by atoms with Crippen LogP contribution in [0.25, 0.3) is 33.6 Å². The summed E-state index contributed by atoms with van der Waals surface area (Å²) >= 11 is 14.2. The fourth-order valence-corrected chi connectivity index (χ4v) is 7.71. The molecule has 0 bridgehead atoms. The van der Waals surface area contributed by atoms with E-state index in [0.29, 0.717) is 61.9 Å². The third-order valence-corrected chi connectivity index (χ3v) is 10.2. The highest BCUT2D eigenvalue weighted by Crippen LogP contribution is 2.52. The molecule has 0 atom stereocenters. The molecule has 1 spiro atoms. The lowest BCUT2D eigenvalue weighted by molar-refractivity contribution is -0.161. The minimum Gasteiger partial charge on any atom is -0.497 e. The summed E-state index contributed by atoms with van der Waals surface area (Å²) in [4.78, 5) is 37.1. The summed E-state index contributed by atoms with van der Waals surface area (Å²) in [6.07, 6.45) is 2.77. The molecular weight excluding hydrogens is 691 g/mol. The number of rotatable bonds is 10. The van der Waals surface area contributed by atoms with Gasteiger partial charge in [-0.2, -0.15) is 0 Å². The number of carbonyl (C=O) groups is 2. The quantitative estimate of drug-likeness (QED) is 0.172. The molecule has 268 valence electrons. The van der Waals surface area contributed by atoms with Gasteiger partial charge in [-0.1, -0.05) is 41.4 Å². The molecule has 1 aliphatic carbocycles. The lowest BCUT2D eigenvalue weighted by atomic mass is 9.57. The average molecular weight is 734 g/mol. The molecule has 1 saturated heterocycles. The Morgan fingerprint density at radius 1 is 0.980 bits per heavy atom. The van der Waals surface area contributed by atoms with Crippen LogP contribution in [0.1, 0.15) is 44.7 Å². The summed E-state index contributed by atoms with van der Waals surface area (Å²) in [5.41, 5.74) is 5.41. The van der Waals surface area contributed by atoms with Gasteiger partial charge in [0.25, 0.3) is 0 Å². The SMILES string of the molecule is COc1cc(CN2CC3(CC(C(=O)O)C3)C2)cc(-c2nccc(-c3cccc(-c4ccc(CN(C)C(=O)OC(C)(C)C)c(OC)n4)c3Cl)c2Cl)c1. The number of aromatic nitrogens is 2. The number of carbonyl (C=O) groups excluding carboxylic acids is 1. The Morgan fingerprint density at radius 3 is 2.35 bits per heavy atom. The van der Waals surface area contributed by atoms with Crippen molar-refractivity contribution in [3.63, 3.8) is 0 Å².